The molecule has 2 aromatic rings. The summed E-state index contributed by atoms with van der Waals surface area (Å²) in [5, 5.41) is 2.83. The van der Waals surface area contributed by atoms with Crippen LogP contribution in [0.4, 0.5) is 4.39 Å². The average molecular weight is 275 g/mol. The van der Waals surface area contributed by atoms with Gasteiger partial charge >= 0.3 is 0 Å². The van der Waals surface area contributed by atoms with Gasteiger partial charge in [0.05, 0.1) is 0 Å². The van der Waals surface area contributed by atoms with Crippen LogP contribution < -0.4 is 5.32 Å². The first-order valence-corrected chi connectivity index (χ1v) is 7.09. The second-order valence-corrected chi connectivity index (χ2v) is 4.85. The van der Waals surface area contributed by atoms with Crippen LogP contribution in [-0.2, 0) is 6.54 Å². The molecule has 19 heavy (non-hydrogen) atoms. The van der Waals surface area contributed by atoms with Crippen molar-refractivity contribution in [1.29, 1.82) is 0 Å². The molecule has 98 valence electrons. The first kappa shape index (κ1) is 13.6. The van der Waals surface area contributed by atoms with Gasteiger partial charge in [-0.3, -0.25) is 4.79 Å². The van der Waals surface area contributed by atoms with E-state index in [1.54, 1.807) is 11.8 Å². The third-order valence-electron chi connectivity index (χ3n) is 2.74. The molecule has 2 aromatic carbocycles. The summed E-state index contributed by atoms with van der Waals surface area (Å²) in [7, 11) is 0. The molecule has 1 N–H and O–H groups in total. The molecule has 1 amide bonds. The highest BCUT2D eigenvalue weighted by Gasteiger charge is 2.06. The summed E-state index contributed by atoms with van der Waals surface area (Å²) in [4.78, 5) is 13.0. The fourth-order valence-corrected chi connectivity index (χ4v) is 2.34. The lowest BCUT2D eigenvalue weighted by Gasteiger charge is -2.08. The molecule has 4 heteroatoms. The summed E-state index contributed by atoms with van der Waals surface area (Å²) in [6.07, 6.45) is 2.00. The van der Waals surface area contributed by atoms with E-state index in [0.29, 0.717) is 12.1 Å². The summed E-state index contributed by atoms with van der Waals surface area (Å²) >= 11 is 1.64. The summed E-state index contributed by atoms with van der Waals surface area (Å²) < 4.78 is 12.8. The predicted molar refractivity (Wildman–Crippen MR) is 75.8 cm³/mol. The molecule has 0 unspecified atom stereocenters. The van der Waals surface area contributed by atoms with Gasteiger partial charge in [0, 0.05) is 17.0 Å². The van der Waals surface area contributed by atoms with Gasteiger partial charge in [0.25, 0.3) is 5.91 Å². The van der Waals surface area contributed by atoms with Crippen LogP contribution in [0.5, 0.6) is 0 Å². The molecule has 2 nitrogen and oxygen atoms in total. The number of hydrogen-bond donors (Lipinski definition) is 1. The van der Waals surface area contributed by atoms with E-state index in [2.05, 4.69) is 5.32 Å². The van der Waals surface area contributed by atoms with E-state index in [0.717, 1.165) is 10.5 Å². The van der Waals surface area contributed by atoms with Crippen molar-refractivity contribution in [2.45, 2.75) is 11.4 Å². The summed E-state index contributed by atoms with van der Waals surface area (Å²) in [5.41, 5.74) is 1.54. The topological polar surface area (TPSA) is 29.1 Å². The number of halogens is 1. The van der Waals surface area contributed by atoms with Crippen LogP contribution in [-0.4, -0.2) is 12.2 Å². The van der Waals surface area contributed by atoms with Crippen LogP contribution in [0, 0.1) is 5.82 Å². The normalized spacial score (nSPS) is 10.2. The highest BCUT2D eigenvalue weighted by molar-refractivity contribution is 7.98. The monoisotopic (exact) mass is 275 g/mol. The number of carbonyl (C=O) groups excluding carboxylic acids is 1. The van der Waals surface area contributed by atoms with E-state index in [1.807, 2.05) is 30.5 Å². The van der Waals surface area contributed by atoms with Gasteiger partial charge < -0.3 is 5.32 Å². The SMILES string of the molecule is CSc1ccccc1CNC(=O)c1ccc(F)cc1. The number of hydrogen-bond acceptors (Lipinski definition) is 2. The lowest BCUT2D eigenvalue weighted by atomic mass is 10.2. The molecule has 0 radical (unpaired) electrons. The van der Waals surface area contributed by atoms with Crippen molar-refractivity contribution in [3.8, 4) is 0 Å². The maximum Gasteiger partial charge on any atom is 0.251 e. The van der Waals surface area contributed by atoms with Crippen molar-refractivity contribution in [1.82, 2.24) is 5.32 Å². The van der Waals surface area contributed by atoms with Crippen molar-refractivity contribution < 1.29 is 9.18 Å². The standard InChI is InChI=1S/C15H14FNOS/c1-19-14-5-3-2-4-12(14)10-17-15(18)11-6-8-13(16)9-7-11/h2-9H,10H2,1H3,(H,17,18). The Labute approximate surface area is 116 Å². The smallest absolute Gasteiger partial charge is 0.251 e. The Hall–Kier alpha value is -1.81. The zero-order valence-electron chi connectivity index (χ0n) is 10.5. The van der Waals surface area contributed by atoms with Gasteiger partial charge in [-0.1, -0.05) is 18.2 Å². The molecule has 0 bridgehead atoms. The highest BCUT2D eigenvalue weighted by atomic mass is 32.2. The number of nitrogens with one attached hydrogen (secondary N) is 1. The lowest BCUT2D eigenvalue weighted by Crippen LogP contribution is -2.23. The fraction of sp³-hybridized carbons (Fsp3) is 0.133. The van der Waals surface area contributed by atoms with Crippen molar-refractivity contribution >= 4 is 17.7 Å². The molecule has 0 spiro atoms. The minimum absolute atomic E-state index is 0.198. The van der Waals surface area contributed by atoms with Gasteiger partial charge in [0.15, 0.2) is 0 Å². The number of rotatable bonds is 4. The quantitative estimate of drug-likeness (QED) is 0.866. The lowest BCUT2D eigenvalue weighted by molar-refractivity contribution is 0.0950. The minimum atomic E-state index is -0.343. The van der Waals surface area contributed by atoms with Gasteiger partial charge in [-0.25, -0.2) is 4.39 Å². The van der Waals surface area contributed by atoms with Gasteiger partial charge in [0.2, 0.25) is 0 Å². The third-order valence-corrected chi connectivity index (χ3v) is 3.58. The van der Waals surface area contributed by atoms with E-state index in [4.69, 9.17) is 0 Å². The van der Waals surface area contributed by atoms with Crippen molar-refractivity contribution in [3.05, 3.63) is 65.5 Å². The van der Waals surface area contributed by atoms with Crippen molar-refractivity contribution in [2.24, 2.45) is 0 Å². The van der Waals surface area contributed by atoms with E-state index in [-0.39, 0.29) is 11.7 Å². The Morgan fingerprint density at radius 2 is 1.84 bits per heavy atom. The zero-order valence-corrected chi connectivity index (χ0v) is 11.3. The number of carbonyl (C=O) groups is 1. The molecular formula is C15H14FNOS. The van der Waals surface area contributed by atoms with E-state index < -0.39 is 0 Å². The largest absolute Gasteiger partial charge is 0.348 e. The Balaban J connectivity index is 2.02. The second kappa shape index (κ2) is 6.38. The molecular weight excluding hydrogens is 261 g/mol. The van der Waals surface area contributed by atoms with Crippen LogP contribution >= 0.6 is 11.8 Å². The Bertz CT molecular complexity index is 569. The fourth-order valence-electron chi connectivity index (χ4n) is 1.73. The summed E-state index contributed by atoms with van der Waals surface area (Å²) in [5.74, 6) is -0.541. The van der Waals surface area contributed by atoms with Gasteiger partial charge in [0.1, 0.15) is 5.82 Å². The second-order valence-electron chi connectivity index (χ2n) is 4.00. The molecule has 0 aliphatic carbocycles. The predicted octanol–water partition coefficient (Wildman–Crippen LogP) is 3.48. The average Bonchev–Trinajstić information content (AvgIpc) is 2.45. The Kier molecular flexibility index (Phi) is 4.58. The van der Waals surface area contributed by atoms with Crippen molar-refractivity contribution in [3.63, 3.8) is 0 Å². The molecule has 0 aliphatic rings. The van der Waals surface area contributed by atoms with Crippen LogP contribution in [0.25, 0.3) is 0 Å². The van der Waals surface area contributed by atoms with E-state index in [1.165, 1.54) is 24.3 Å². The number of benzene rings is 2. The maximum atomic E-state index is 12.8. The first-order chi connectivity index (χ1) is 9.20. The molecule has 0 fully saturated rings. The van der Waals surface area contributed by atoms with Crippen LogP contribution in [0.1, 0.15) is 15.9 Å². The van der Waals surface area contributed by atoms with Crippen LogP contribution in [0.15, 0.2) is 53.4 Å². The molecule has 0 aliphatic heterocycles. The van der Waals surface area contributed by atoms with Crippen LogP contribution in [0.2, 0.25) is 0 Å². The Morgan fingerprint density at radius 1 is 1.16 bits per heavy atom. The van der Waals surface area contributed by atoms with Crippen molar-refractivity contribution in [2.75, 3.05) is 6.26 Å². The Morgan fingerprint density at radius 3 is 2.53 bits per heavy atom. The number of amides is 1. The highest BCUT2D eigenvalue weighted by Crippen LogP contribution is 2.19. The van der Waals surface area contributed by atoms with Crippen LogP contribution in [0.3, 0.4) is 0 Å². The zero-order chi connectivity index (χ0) is 13.7. The molecule has 0 heterocycles. The first-order valence-electron chi connectivity index (χ1n) is 5.86. The summed E-state index contributed by atoms with van der Waals surface area (Å²) in [6, 6.07) is 13.4. The van der Waals surface area contributed by atoms with Gasteiger partial charge in [-0.2, -0.15) is 0 Å². The molecule has 0 atom stereocenters. The molecule has 0 saturated carbocycles. The minimum Gasteiger partial charge on any atom is -0.348 e. The van der Waals surface area contributed by atoms with Gasteiger partial charge in [-0.05, 0) is 42.2 Å². The third kappa shape index (κ3) is 3.58. The molecule has 0 aromatic heterocycles. The van der Waals surface area contributed by atoms with Gasteiger partial charge in [-0.15, -0.1) is 11.8 Å². The molecule has 2 rings (SSSR count). The van der Waals surface area contributed by atoms with E-state index in [9.17, 15) is 9.18 Å². The van der Waals surface area contributed by atoms with E-state index >= 15 is 0 Å². The number of thioether (sulfide) groups is 1. The maximum absolute atomic E-state index is 12.8. The molecule has 0 saturated heterocycles. The summed E-state index contributed by atoms with van der Waals surface area (Å²) in [6.45, 7) is 0.465.